The summed E-state index contributed by atoms with van der Waals surface area (Å²) >= 11 is 0. The molecule has 106 valence electrons. The van der Waals surface area contributed by atoms with Crippen molar-refractivity contribution < 1.29 is 8.42 Å². The first-order chi connectivity index (χ1) is 8.74. The second-order valence-corrected chi connectivity index (χ2v) is 7.41. The number of anilines is 1. The molecule has 0 bridgehead atoms. The smallest absolute Gasteiger partial charge is 0.241 e. The minimum absolute atomic E-state index is 0.337. The molecule has 2 unspecified atom stereocenters. The molecule has 0 saturated heterocycles. The number of rotatable bonds is 4. The molecule has 0 aromatic heterocycles. The average molecular weight is 282 g/mol. The van der Waals surface area contributed by atoms with Gasteiger partial charge in [-0.3, -0.25) is 0 Å². The molecule has 0 aliphatic heterocycles. The predicted octanol–water partition coefficient (Wildman–Crippen LogP) is 2.13. The van der Waals surface area contributed by atoms with Crippen LogP contribution in [0.25, 0.3) is 0 Å². The van der Waals surface area contributed by atoms with Crippen LogP contribution >= 0.6 is 0 Å². The normalized spacial score (nSPS) is 22.5. The monoisotopic (exact) mass is 282 g/mol. The zero-order valence-electron chi connectivity index (χ0n) is 11.9. The first-order valence-corrected chi connectivity index (χ1v) is 8.08. The first kappa shape index (κ1) is 14.3. The lowest BCUT2D eigenvalue weighted by Gasteiger charge is -2.15. The van der Waals surface area contributed by atoms with Crippen LogP contribution in [0.4, 0.5) is 5.69 Å². The number of aryl methyl sites for hydroxylation is 2. The Morgan fingerprint density at radius 2 is 1.89 bits per heavy atom. The summed E-state index contributed by atoms with van der Waals surface area (Å²) in [6, 6.07) is 1.83. The molecular weight excluding hydrogens is 260 g/mol. The Kier molecular flexibility index (Phi) is 3.62. The van der Waals surface area contributed by atoms with Crippen molar-refractivity contribution in [2.45, 2.75) is 39.0 Å². The molecule has 1 fully saturated rings. The Morgan fingerprint density at radius 3 is 2.42 bits per heavy atom. The van der Waals surface area contributed by atoms with Crippen LogP contribution in [0.15, 0.2) is 11.0 Å². The van der Waals surface area contributed by atoms with Gasteiger partial charge in [-0.2, -0.15) is 0 Å². The fourth-order valence-corrected chi connectivity index (χ4v) is 4.14. The summed E-state index contributed by atoms with van der Waals surface area (Å²) in [5.74, 6) is 1.12. The molecule has 2 atom stereocenters. The minimum atomic E-state index is -3.47. The number of hydrogen-bond acceptors (Lipinski definition) is 3. The third-order valence-corrected chi connectivity index (χ3v) is 5.75. The summed E-state index contributed by atoms with van der Waals surface area (Å²) in [6.07, 6.45) is 1.11. The van der Waals surface area contributed by atoms with Gasteiger partial charge in [0.25, 0.3) is 0 Å². The Morgan fingerprint density at radius 1 is 1.32 bits per heavy atom. The van der Waals surface area contributed by atoms with Gasteiger partial charge in [0, 0.05) is 12.2 Å². The largest absolute Gasteiger partial charge is 0.398 e. The molecule has 0 amide bonds. The third kappa shape index (κ3) is 2.77. The van der Waals surface area contributed by atoms with Gasteiger partial charge in [-0.1, -0.05) is 13.0 Å². The summed E-state index contributed by atoms with van der Waals surface area (Å²) in [7, 11) is -3.47. The van der Waals surface area contributed by atoms with Crippen LogP contribution in [0, 0.1) is 32.6 Å². The van der Waals surface area contributed by atoms with E-state index in [0.29, 0.717) is 34.5 Å². The summed E-state index contributed by atoms with van der Waals surface area (Å²) in [5.41, 5.74) is 8.83. The van der Waals surface area contributed by atoms with Gasteiger partial charge in [0.15, 0.2) is 0 Å². The van der Waals surface area contributed by atoms with E-state index in [9.17, 15) is 8.42 Å². The molecule has 1 aromatic carbocycles. The van der Waals surface area contributed by atoms with Crippen LogP contribution < -0.4 is 10.5 Å². The predicted molar refractivity (Wildman–Crippen MR) is 77.5 cm³/mol. The fourth-order valence-electron chi connectivity index (χ4n) is 2.57. The summed E-state index contributed by atoms with van der Waals surface area (Å²) in [5, 5.41) is 0. The summed E-state index contributed by atoms with van der Waals surface area (Å²) < 4.78 is 27.5. The van der Waals surface area contributed by atoms with Crippen LogP contribution in [0.2, 0.25) is 0 Å². The van der Waals surface area contributed by atoms with Crippen LogP contribution in [-0.4, -0.2) is 15.0 Å². The van der Waals surface area contributed by atoms with Crippen molar-refractivity contribution in [3.8, 4) is 0 Å². The molecule has 1 aliphatic rings. The van der Waals surface area contributed by atoms with Crippen molar-refractivity contribution in [1.82, 2.24) is 4.72 Å². The van der Waals surface area contributed by atoms with Gasteiger partial charge in [0.1, 0.15) is 0 Å². The van der Waals surface area contributed by atoms with Gasteiger partial charge in [-0.25, -0.2) is 13.1 Å². The van der Waals surface area contributed by atoms with E-state index in [1.807, 2.05) is 19.9 Å². The van der Waals surface area contributed by atoms with Crippen molar-refractivity contribution >= 4 is 15.7 Å². The van der Waals surface area contributed by atoms with Crippen LogP contribution in [0.3, 0.4) is 0 Å². The maximum absolute atomic E-state index is 12.4. The van der Waals surface area contributed by atoms with Crippen LogP contribution in [0.1, 0.15) is 30.0 Å². The maximum Gasteiger partial charge on any atom is 0.241 e. The summed E-state index contributed by atoms with van der Waals surface area (Å²) in [4.78, 5) is 0.337. The number of hydrogen-bond donors (Lipinski definition) is 2. The number of sulfonamides is 1. The number of nitrogens with one attached hydrogen (secondary N) is 1. The maximum atomic E-state index is 12.4. The molecule has 0 spiro atoms. The molecule has 0 heterocycles. The molecule has 1 aromatic rings. The average Bonchev–Trinajstić information content (AvgIpc) is 3.00. The molecule has 3 N–H and O–H groups in total. The van der Waals surface area contributed by atoms with E-state index in [0.717, 1.165) is 17.5 Å². The van der Waals surface area contributed by atoms with Crippen molar-refractivity contribution in [2.24, 2.45) is 11.8 Å². The van der Waals surface area contributed by atoms with Crippen LogP contribution in [-0.2, 0) is 10.0 Å². The molecule has 19 heavy (non-hydrogen) atoms. The van der Waals surface area contributed by atoms with E-state index in [-0.39, 0.29) is 0 Å². The van der Waals surface area contributed by atoms with Gasteiger partial charge >= 0.3 is 0 Å². The molecule has 1 aliphatic carbocycles. The molecular formula is C14H22N2O2S. The molecule has 4 nitrogen and oxygen atoms in total. The summed E-state index contributed by atoms with van der Waals surface area (Å²) in [6.45, 7) is 8.14. The van der Waals surface area contributed by atoms with Crippen molar-refractivity contribution in [3.05, 3.63) is 22.8 Å². The highest BCUT2D eigenvalue weighted by Gasteiger charge is 2.34. The van der Waals surface area contributed by atoms with Gasteiger partial charge < -0.3 is 5.73 Å². The lowest BCUT2D eigenvalue weighted by molar-refractivity contribution is 0.573. The molecule has 5 heteroatoms. The zero-order chi connectivity index (χ0) is 14.4. The van der Waals surface area contributed by atoms with Crippen molar-refractivity contribution in [2.75, 3.05) is 12.3 Å². The zero-order valence-corrected chi connectivity index (χ0v) is 12.8. The lowest BCUT2D eigenvalue weighted by Crippen LogP contribution is -2.28. The molecule has 2 rings (SSSR count). The minimum Gasteiger partial charge on any atom is -0.398 e. The molecule has 0 radical (unpaired) electrons. The van der Waals surface area contributed by atoms with Gasteiger partial charge in [0.05, 0.1) is 4.90 Å². The van der Waals surface area contributed by atoms with E-state index in [1.165, 1.54) is 0 Å². The lowest BCUT2D eigenvalue weighted by atomic mass is 10.1. The van der Waals surface area contributed by atoms with Crippen molar-refractivity contribution in [3.63, 3.8) is 0 Å². The topological polar surface area (TPSA) is 72.2 Å². The van der Waals surface area contributed by atoms with E-state index in [1.54, 1.807) is 6.92 Å². The third-order valence-electron chi connectivity index (χ3n) is 4.04. The first-order valence-electron chi connectivity index (χ1n) is 6.60. The SMILES string of the molecule is Cc1cc(C)c(S(=O)(=O)NCC2CC2C)c(C)c1N. The number of benzene rings is 1. The highest BCUT2D eigenvalue weighted by Crippen LogP contribution is 2.37. The standard InChI is InChI=1S/C14H22N2O2S/c1-8-6-12(8)7-16-19(17,18)14-10(3)5-9(2)13(15)11(14)4/h5,8,12,16H,6-7,15H2,1-4H3. The fraction of sp³-hybridized carbons (Fsp3) is 0.571. The van der Waals surface area contributed by atoms with Gasteiger partial charge in [0.2, 0.25) is 10.0 Å². The highest BCUT2D eigenvalue weighted by atomic mass is 32.2. The van der Waals surface area contributed by atoms with Gasteiger partial charge in [-0.15, -0.1) is 0 Å². The Hall–Kier alpha value is -1.07. The van der Waals surface area contributed by atoms with Crippen molar-refractivity contribution in [1.29, 1.82) is 0 Å². The Balaban J connectivity index is 2.32. The highest BCUT2D eigenvalue weighted by molar-refractivity contribution is 7.89. The molecule has 1 saturated carbocycles. The Bertz CT molecular complexity index is 608. The second kappa shape index (κ2) is 4.80. The quantitative estimate of drug-likeness (QED) is 0.831. The van der Waals surface area contributed by atoms with E-state index in [2.05, 4.69) is 11.6 Å². The van der Waals surface area contributed by atoms with E-state index < -0.39 is 10.0 Å². The van der Waals surface area contributed by atoms with E-state index >= 15 is 0 Å². The second-order valence-electron chi connectivity index (χ2n) is 5.70. The Labute approximate surface area is 115 Å². The van der Waals surface area contributed by atoms with E-state index in [4.69, 9.17) is 5.73 Å². The van der Waals surface area contributed by atoms with Gasteiger partial charge in [-0.05, 0) is 55.7 Å². The number of nitrogens with two attached hydrogens (primary N) is 1. The number of nitrogen functional groups attached to an aromatic ring is 1. The van der Waals surface area contributed by atoms with Crippen LogP contribution in [0.5, 0.6) is 0 Å².